The van der Waals surface area contributed by atoms with Gasteiger partial charge in [-0.2, -0.15) is 5.10 Å². The molecule has 1 N–H and O–H groups in total. The summed E-state index contributed by atoms with van der Waals surface area (Å²) in [5.41, 5.74) is 2.13. The van der Waals surface area contributed by atoms with Gasteiger partial charge in [-0.05, 0) is 11.8 Å². The molecule has 0 radical (unpaired) electrons. The summed E-state index contributed by atoms with van der Waals surface area (Å²) in [5, 5.41) is 9.42. The van der Waals surface area contributed by atoms with Crippen molar-refractivity contribution in [1.82, 2.24) is 20.2 Å². The van der Waals surface area contributed by atoms with E-state index in [0.717, 1.165) is 20.8 Å². The van der Waals surface area contributed by atoms with Crippen molar-refractivity contribution < 1.29 is 0 Å². The number of nitrogens with one attached hydrogen (secondary N) is 1. The fourth-order valence-corrected chi connectivity index (χ4v) is 3.01. The van der Waals surface area contributed by atoms with Crippen molar-refractivity contribution >= 4 is 23.1 Å². The quantitative estimate of drug-likeness (QED) is 0.786. The molecule has 3 aromatic rings. The monoisotopic (exact) mass is 260 g/mol. The van der Waals surface area contributed by atoms with Crippen LogP contribution in [0.25, 0.3) is 11.3 Å². The van der Waals surface area contributed by atoms with E-state index in [9.17, 15) is 0 Å². The Morgan fingerprint density at radius 2 is 2.06 bits per heavy atom. The number of hydrogen-bond acceptors (Lipinski definition) is 5. The van der Waals surface area contributed by atoms with Gasteiger partial charge in [0.25, 0.3) is 0 Å². The number of aromatic nitrogens is 4. The number of thiazole rings is 1. The lowest BCUT2D eigenvalue weighted by Crippen LogP contribution is -1.78. The highest BCUT2D eigenvalue weighted by Gasteiger charge is 2.06. The van der Waals surface area contributed by atoms with E-state index in [-0.39, 0.29) is 0 Å². The molecule has 84 valence electrons. The van der Waals surface area contributed by atoms with Crippen LogP contribution >= 0.6 is 23.1 Å². The molecule has 0 amide bonds. The Morgan fingerprint density at radius 3 is 2.82 bits per heavy atom. The van der Waals surface area contributed by atoms with Crippen LogP contribution in [0.15, 0.2) is 51.5 Å². The number of H-pyrrole nitrogens is 1. The van der Waals surface area contributed by atoms with Crippen LogP contribution < -0.4 is 0 Å². The summed E-state index contributed by atoms with van der Waals surface area (Å²) in [5.74, 6) is 0. The topological polar surface area (TPSA) is 54.5 Å². The van der Waals surface area contributed by atoms with E-state index < -0.39 is 0 Å². The molecule has 2 heterocycles. The number of nitrogens with zero attached hydrogens (tertiary/aromatic N) is 3. The first-order valence-corrected chi connectivity index (χ1v) is 6.65. The minimum absolute atomic E-state index is 0.763. The first-order chi connectivity index (χ1) is 8.42. The van der Waals surface area contributed by atoms with Gasteiger partial charge >= 0.3 is 0 Å². The summed E-state index contributed by atoms with van der Waals surface area (Å²) >= 11 is 3.09. The third kappa shape index (κ3) is 2.37. The fraction of sp³-hybridized carbons (Fsp3) is 0. The van der Waals surface area contributed by atoms with Crippen molar-refractivity contribution in [3.63, 3.8) is 0 Å². The summed E-state index contributed by atoms with van der Waals surface area (Å²) in [6.45, 7) is 0. The molecule has 0 aliphatic heterocycles. The van der Waals surface area contributed by atoms with Crippen LogP contribution in [-0.4, -0.2) is 20.2 Å². The van der Waals surface area contributed by atoms with Crippen molar-refractivity contribution in [1.29, 1.82) is 0 Å². The summed E-state index contributed by atoms with van der Waals surface area (Å²) in [6.07, 6.45) is 1.49. The molecule has 0 aliphatic carbocycles. The summed E-state index contributed by atoms with van der Waals surface area (Å²) in [7, 11) is 0. The van der Waals surface area contributed by atoms with Gasteiger partial charge in [-0.25, -0.2) is 9.97 Å². The van der Waals surface area contributed by atoms with E-state index in [4.69, 9.17) is 0 Å². The minimum Gasteiger partial charge on any atom is -0.254 e. The van der Waals surface area contributed by atoms with E-state index in [1.165, 1.54) is 18.1 Å². The van der Waals surface area contributed by atoms with Gasteiger partial charge in [0, 0.05) is 10.9 Å². The van der Waals surface area contributed by atoms with Crippen LogP contribution in [0.4, 0.5) is 0 Å². The van der Waals surface area contributed by atoms with Crippen LogP contribution in [0, 0.1) is 0 Å². The van der Waals surface area contributed by atoms with E-state index in [2.05, 4.69) is 32.3 Å². The molecule has 17 heavy (non-hydrogen) atoms. The molecule has 0 unspecified atom stereocenters. The van der Waals surface area contributed by atoms with Crippen LogP contribution in [0.2, 0.25) is 0 Å². The minimum atomic E-state index is 0.763. The van der Waals surface area contributed by atoms with E-state index in [1.807, 2.05) is 23.6 Å². The van der Waals surface area contributed by atoms with Crippen LogP contribution in [0.3, 0.4) is 0 Å². The average molecular weight is 260 g/mol. The highest BCUT2D eigenvalue weighted by atomic mass is 32.2. The largest absolute Gasteiger partial charge is 0.254 e. The number of benzene rings is 1. The maximum absolute atomic E-state index is 4.55. The Labute approximate surface area is 106 Å². The second-order valence-electron chi connectivity index (χ2n) is 3.26. The van der Waals surface area contributed by atoms with Gasteiger partial charge in [0.2, 0.25) is 0 Å². The molecule has 1 aromatic carbocycles. The predicted octanol–water partition coefficient (Wildman–Crippen LogP) is 3.08. The maximum Gasteiger partial charge on any atom is 0.190 e. The van der Waals surface area contributed by atoms with Crippen molar-refractivity contribution in [3.05, 3.63) is 42.0 Å². The molecular formula is C11H8N4S2. The Balaban J connectivity index is 1.84. The lowest BCUT2D eigenvalue weighted by atomic mass is 10.2. The molecule has 0 atom stereocenters. The second-order valence-corrected chi connectivity index (χ2v) is 5.35. The van der Waals surface area contributed by atoms with Gasteiger partial charge in [-0.3, -0.25) is 5.10 Å². The molecule has 2 aromatic heterocycles. The first kappa shape index (κ1) is 10.5. The van der Waals surface area contributed by atoms with Gasteiger partial charge in [0.05, 0.1) is 5.69 Å². The Morgan fingerprint density at radius 1 is 1.18 bits per heavy atom. The summed E-state index contributed by atoms with van der Waals surface area (Å²) in [4.78, 5) is 8.61. The Kier molecular flexibility index (Phi) is 2.89. The van der Waals surface area contributed by atoms with E-state index in [1.54, 1.807) is 11.3 Å². The van der Waals surface area contributed by atoms with E-state index in [0.29, 0.717) is 0 Å². The fourth-order valence-electron chi connectivity index (χ4n) is 1.37. The maximum atomic E-state index is 4.55. The average Bonchev–Trinajstić information content (AvgIpc) is 3.02. The van der Waals surface area contributed by atoms with Gasteiger partial charge in [-0.15, -0.1) is 11.3 Å². The highest BCUT2D eigenvalue weighted by Crippen LogP contribution is 2.30. The second kappa shape index (κ2) is 4.68. The molecule has 4 nitrogen and oxygen atoms in total. The molecule has 0 spiro atoms. The molecule has 3 rings (SSSR count). The molecule has 0 saturated heterocycles. The van der Waals surface area contributed by atoms with Crippen molar-refractivity contribution in [3.8, 4) is 11.3 Å². The highest BCUT2D eigenvalue weighted by molar-refractivity contribution is 8.00. The van der Waals surface area contributed by atoms with Gasteiger partial charge in [-0.1, -0.05) is 30.3 Å². The molecule has 0 bridgehead atoms. The molecule has 0 aliphatic rings. The van der Waals surface area contributed by atoms with Crippen LogP contribution in [0.5, 0.6) is 0 Å². The lowest BCUT2D eigenvalue weighted by Gasteiger charge is -1.94. The summed E-state index contributed by atoms with van der Waals surface area (Å²) < 4.78 is 0.959. The number of hydrogen-bond donors (Lipinski definition) is 1. The third-order valence-corrected chi connectivity index (χ3v) is 3.96. The van der Waals surface area contributed by atoms with Crippen molar-refractivity contribution in [2.24, 2.45) is 0 Å². The SMILES string of the molecule is c1ccc(-c2csc(Sc3ncn[nH]3)n2)cc1. The van der Waals surface area contributed by atoms with Gasteiger partial charge in [0.15, 0.2) is 9.50 Å². The lowest BCUT2D eigenvalue weighted by molar-refractivity contribution is 0.972. The zero-order chi connectivity index (χ0) is 11.5. The molecule has 6 heteroatoms. The Bertz CT molecular complexity index is 589. The van der Waals surface area contributed by atoms with Gasteiger partial charge in [0.1, 0.15) is 6.33 Å². The molecule has 0 saturated carbocycles. The zero-order valence-electron chi connectivity index (χ0n) is 8.70. The van der Waals surface area contributed by atoms with Crippen LogP contribution in [0.1, 0.15) is 0 Å². The molecule has 0 fully saturated rings. The Hall–Kier alpha value is -1.66. The zero-order valence-corrected chi connectivity index (χ0v) is 10.3. The van der Waals surface area contributed by atoms with Crippen LogP contribution in [-0.2, 0) is 0 Å². The third-order valence-electron chi connectivity index (χ3n) is 2.13. The number of aromatic amines is 1. The predicted molar refractivity (Wildman–Crippen MR) is 68.1 cm³/mol. The number of rotatable bonds is 3. The standard InChI is InChI=1S/C11H8N4S2/c1-2-4-8(5-3-1)9-6-16-11(14-9)17-10-12-7-13-15-10/h1-7H,(H,12,13,15). The summed E-state index contributed by atoms with van der Waals surface area (Å²) in [6, 6.07) is 10.1. The first-order valence-electron chi connectivity index (χ1n) is 4.96. The van der Waals surface area contributed by atoms with Crippen molar-refractivity contribution in [2.45, 2.75) is 9.50 Å². The van der Waals surface area contributed by atoms with E-state index >= 15 is 0 Å². The molecular weight excluding hydrogens is 252 g/mol. The van der Waals surface area contributed by atoms with Gasteiger partial charge < -0.3 is 0 Å². The van der Waals surface area contributed by atoms with Crippen molar-refractivity contribution in [2.75, 3.05) is 0 Å². The normalized spacial score (nSPS) is 10.6. The smallest absolute Gasteiger partial charge is 0.190 e.